The van der Waals surface area contributed by atoms with Crippen LogP contribution in [0.2, 0.25) is 0 Å². The van der Waals surface area contributed by atoms with Gasteiger partial charge in [-0.2, -0.15) is 10.4 Å². The second-order valence-corrected chi connectivity index (χ2v) is 3.81. The van der Waals surface area contributed by atoms with Crippen molar-refractivity contribution in [1.82, 2.24) is 9.78 Å². The van der Waals surface area contributed by atoms with Crippen LogP contribution in [0.3, 0.4) is 0 Å². The molecule has 0 aliphatic heterocycles. The highest BCUT2D eigenvalue weighted by Crippen LogP contribution is 2.23. The molecule has 15 heavy (non-hydrogen) atoms. The van der Waals surface area contributed by atoms with Crippen molar-refractivity contribution >= 4 is 11.3 Å². The van der Waals surface area contributed by atoms with Crippen molar-refractivity contribution in [1.29, 1.82) is 5.26 Å². The van der Waals surface area contributed by atoms with E-state index < -0.39 is 0 Å². The number of hydrogen-bond acceptors (Lipinski definition) is 3. The summed E-state index contributed by atoms with van der Waals surface area (Å²) in [5.74, 6) is 2.47. The summed E-state index contributed by atoms with van der Waals surface area (Å²) in [7, 11) is 0. The molecule has 0 saturated heterocycles. The predicted octanol–water partition coefficient (Wildman–Crippen LogP) is 2.12. The number of hydrogen-bond donors (Lipinski definition) is 0. The van der Waals surface area contributed by atoms with Crippen molar-refractivity contribution in [3.63, 3.8) is 0 Å². The molecule has 2 rings (SSSR count). The normalized spacial score (nSPS) is 9.47. The van der Waals surface area contributed by atoms with E-state index in [0.717, 1.165) is 10.6 Å². The largest absolute Gasteiger partial charge is 0.242 e. The quantitative estimate of drug-likeness (QED) is 0.717. The zero-order chi connectivity index (χ0) is 10.7. The Kier molecular flexibility index (Phi) is 2.53. The third-order valence-electron chi connectivity index (χ3n) is 1.91. The van der Waals surface area contributed by atoms with Crippen LogP contribution in [0.15, 0.2) is 23.6 Å². The Labute approximate surface area is 91.6 Å². The number of aromatic nitrogens is 2. The fourth-order valence-corrected chi connectivity index (χ4v) is 1.94. The summed E-state index contributed by atoms with van der Waals surface area (Å²) in [5.41, 5.74) is 1.30. The van der Waals surface area contributed by atoms with Gasteiger partial charge in [0.2, 0.25) is 0 Å². The van der Waals surface area contributed by atoms with E-state index in [1.807, 2.05) is 17.5 Å². The summed E-state index contributed by atoms with van der Waals surface area (Å²) >= 11 is 1.59. The molecule has 0 atom stereocenters. The second kappa shape index (κ2) is 4.00. The van der Waals surface area contributed by atoms with Crippen LogP contribution in [-0.4, -0.2) is 9.78 Å². The van der Waals surface area contributed by atoms with Gasteiger partial charge in [0.05, 0.1) is 4.88 Å². The number of nitrogens with zero attached hydrogens (tertiary/aromatic N) is 3. The van der Waals surface area contributed by atoms with E-state index in [9.17, 15) is 0 Å². The number of thiophene rings is 1. The summed E-state index contributed by atoms with van der Waals surface area (Å²) in [6.07, 6.45) is 5.19. The molecule has 2 heterocycles. The molecule has 0 unspecified atom stereocenters. The molecule has 0 fully saturated rings. The molecule has 2 aromatic heterocycles. The molecular formula is C11H7N3S. The predicted molar refractivity (Wildman–Crippen MR) is 59.1 cm³/mol. The first-order valence-corrected chi connectivity index (χ1v) is 5.18. The average molecular weight is 213 g/mol. The van der Waals surface area contributed by atoms with E-state index in [2.05, 4.69) is 17.1 Å². The number of terminal acetylenes is 1. The highest BCUT2D eigenvalue weighted by atomic mass is 32.1. The molecule has 0 saturated carbocycles. The summed E-state index contributed by atoms with van der Waals surface area (Å²) in [4.78, 5) is 1.04. The van der Waals surface area contributed by atoms with E-state index in [1.54, 1.807) is 17.4 Å². The minimum absolute atomic E-state index is 0.328. The standard InChI is InChI=1S/C11H7N3S/c1-2-5-14-9(8-12)7-10(13-14)11-4-3-6-15-11/h1,3-4,6-7H,5H2. The molecule has 0 aromatic carbocycles. The maximum absolute atomic E-state index is 8.88. The highest BCUT2D eigenvalue weighted by molar-refractivity contribution is 7.13. The Balaban J connectivity index is 2.45. The van der Waals surface area contributed by atoms with Gasteiger partial charge in [0.15, 0.2) is 0 Å². The molecule has 0 aliphatic carbocycles. The van der Waals surface area contributed by atoms with Crippen LogP contribution in [0.4, 0.5) is 0 Å². The lowest BCUT2D eigenvalue weighted by Crippen LogP contribution is -2.00. The smallest absolute Gasteiger partial charge is 0.140 e. The molecule has 0 aliphatic rings. The van der Waals surface area contributed by atoms with Crippen molar-refractivity contribution in [2.75, 3.05) is 0 Å². The summed E-state index contributed by atoms with van der Waals surface area (Å²) in [6.45, 7) is 0.328. The van der Waals surface area contributed by atoms with E-state index in [-0.39, 0.29) is 0 Å². The monoisotopic (exact) mass is 213 g/mol. The van der Waals surface area contributed by atoms with Gasteiger partial charge in [0, 0.05) is 6.07 Å². The van der Waals surface area contributed by atoms with Gasteiger partial charge in [-0.05, 0) is 11.4 Å². The highest BCUT2D eigenvalue weighted by Gasteiger charge is 2.08. The van der Waals surface area contributed by atoms with Crippen LogP contribution >= 0.6 is 11.3 Å². The third-order valence-corrected chi connectivity index (χ3v) is 2.80. The number of rotatable bonds is 2. The SMILES string of the molecule is C#CCn1nc(-c2cccs2)cc1C#N. The lowest BCUT2D eigenvalue weighted by atomic mass is 10.3. The minimum Gasteiger partial charge on any atom is -0.242 e. The van der Waals surface area contributed by atoms with Crippen LogP contribution < -0.4 is 0 Å². The molecule has 72 valence electrons. The van der Waals surface area contributed by atoms with Gasteiger partial charge in [0.1, 0.15) is 24.0 Å². The van der Waals surface area contributed by atoms with Gasteiger partial charge in [0.25, 0.3) is 0 Å². The van der Waals surface area contributed by atoms with Crippen molar-refractivity contribution < 1.29 is 0 Å². The lowest BCUT2D eigenvalue weighted by Gasteiger charge is -1.93. The first-order chi connectivity index (χ1) is 7.35. The summed E-state index contributed by atoms with van der Waals surface area (Å²) in [5, 5.41) is 15.1. The molecule has 0 radical (unpaired) electrons. The van der Waals surface area contributed by atoms with E-state index in [1.165, 1.54) is 4.68 Å². The summed E-state index contributed by atoms with van der Waals surface area (Å²) in [6, 6.07) is 7.74. The van der Waals surface area contributed by atoms with Crippen molar-refractivity contribution in [3.05, 3.63) is 29.3 Å². The van der Waals surface area contributed by atoms with E-state index >= 15 is 0 Å². The second-order valence-electron chi connectivity index (χ2n) is 2.87. The maximum atomic E-state index is 8.88. The zero-order valence-corrected chi connectivity index (χ0v) is 8.66. The maximum Gasteiger partial charge on any atom is 0.140 e. The van der Waals surface area contributed by atoms with Crippen molar-refractivity contribution in [2.24, 2.45) is 0 Å². The minimum atomic E-state index is 0.328. The van der Waals surface area contributed by atoms with Gasteiger partial charge >= 0.3 is 0 Å². The van der Waals surface area contributed by atoms with E-state index in [0.29, 0.717) is 12.2 Å². The molecule has 4 heteroatoms. The van der Waals surface area contributed by atoms with Gasteiger partial charge in [-0.25, -0.2) is 4.68 Å². The van der Waals surface area contributed by atoms with Gasteiger partial charge < -0.3 is 0 Å². The van der Waals surface area contributed by atoms with Crippen LogP contribution in [0.5, 0.6) is 0 Å². The number of nitriles is 1. The topological polar surface area (TPSA) is 41.6 Å². The first-order valence-electron chi connectivity index (χ1n) is 4.30. The van der Waals surface area contributed by atoms with Gasteiger partial charge in [-0.3, -0.25) is 0 Å². The van der Waals surface area contributed by atoms with Crippen LogP contribution in [0, 0.1) is 23.7 Å². The van der Waals surface area contributed by atoms with Gasteiger partial charge in [-0.15, -0.1) is 17.8 Å². The lowest BCUT2D eigenvalue weighted by molar-refractivity contribution is 0.708. The zero-order valence-electron chi connectivity index (χ0n) is 7.84. The first kappa shape index (κ1) is 9.51. The Hall–Kier alpha value is -2.04. The summed E-state index contributed by atoms with van der Waals surface area (Å²) < 4.78 is 1.54. The molecule has 2 aromatic rings. The van der Waals surface area contributed by atoms with Crippen LogP contribution in [-0.2, 0) is 6.54 Å². The molecule has 0 N–H and O–H groups in total. The molecule has 3 nitrogen and oxygen atoms in total. The molecule has 0 amide bonds. The third kappa shape index (κ3) is 1.76. The van der Waals surface area contributed by atoms with Crippen molar-refractivity contribution in [2.45, 2.75) is 6.54 Å². The van der Waals surface area contributed by atoms with Crippen LogP contribution in [0.1, 0.15) is 5.69 Å². The molecule has 0 spiro atoms. The fraction of sp³-hybridized carbons (Fsp3) is 0.0909. The van der Waals surface area contributed by atoms with Gasteiger partial charge in [-0.1, -0.05) is 12.0 Å². The molecular weight excluding hydrogens is 206 g/mol. The van der Waals surface area contributed by atoms with Crippen LogP contribution in [0.25, 0.3) is 10.6 Å². The Bertz CT molecular complexity index is 537. The fourth-order valence-electron chi connectivity index (χ4n) is 1.26. The Morgan fingerprint density at radius 2 is 2.47 bits per heavy atom. The van der Waals surface area contributed by atoms with Crippen molar-refractivity contribution in [3.8, 4) is 29.0 Å². The van der Waals surface area contributed by atoms with E-state index in [4.69, 9.17) is 11.7 Å². The Morgan fingerprint density at radius 3 is 3.07 bits per heavy atom. The Morgan fingerprint density at radius 1 is 1.60 bits per heavy atom. The molecule has 0 bridgehead atoms. The average Bonchev–Trinajstić information content (AvgIpc) is 2.84.